The fourth-order valence-electron chi connectivity index (χ4n) is 4.09. The summed E-state index contributed by atoms with van der Waals surface area (Å²) in [7, 11) is 0. The Morgan fingerprint density at radius 3 is 2.47 bits per heavy atom. The Morgan fingerprint density at radius 1 is 1.03 bits per heavy atom. The lowest BCUT2D eigenvalue weighted by Gasteiger charge is -2.32. The summed E-state index contributed by atoms with van der Waals surface area (Å²) in [6.45, 7) is 0.777. The van der Waals surface area contributed by atoms with E-state index in [1.807, 2.05) is 6.07 Å². The lowest BCUT2D eigenvalue weighted by atomic mass is 10.0. The van der Waals surface area contributed by atoms with Crippen LogP contribution >= 0.6 is 11.3 Å². The normalized spacial score (nSPS) is 15.8. The van der Waals surface area contributed by atoms with Crippen LogP contribution in [-0.2, 0) is 20.9 Å². The van der Waals surface area contributed by atoms with Crippen molar-refractivity contribution in [1.82, 2.24) is 15.5 Å². The van der Waals surface area contributed by atoms with E-state index in [1.165, 1.54) is 28.4 Å². The molecule has 36 heavy (non-hydrogen) atoms. The fourth-order valence-corrected chi connectivity index (χ4v) is 4.73. The molecule has 4 rings (SSSR count). The highest BCUT2D eigenvalue weighted by Crippen LogP contribution is 2.24. The highest BCUT2D eigenvalue weighted by molar-refractivity contribution is 7.12. The van der Waals surface area contributed by atoms with Gasteiger partial charge in [0.2, 0.25) is 11.8 Å². The molecule has 1 aliphatic heterocycles. The predicted molar refractivity (Wildman–Crippen MR) is 135 cm³/mol. The predicted octanol–water partition coefficient (Wildman–Crippen LogP) is 3.68. The number of carbonyl (C=O) groups is 3. The Kier molecular flexibility index (Phi) is 8.80. The van der Waals surface area contributed by atoms with E-state index < -0.39 is 17.8 Å². The van der Waals surface area contributed by atoms with Crippen molar-refractivity contribution in [3.05, 3.63) is 93.9 Å². The number of rotatable bonds is 10. The smallest absolute Gasteiger partial charge is 0.261 e. The summed E-state index contributed by atoms with van der Waals surface area (Å²) in [5.41, 5.74) is 1.28. The van der Waals surface area contributed by atoms with Crippen molar-refractivity contribution in [2.45, 2.75) is 31.5 Å². The van der Waals surface area contributed by atoms with Crippen LogP contribution < -0.4 is 10.6 Å². The number of thiophene rings is 1. The molecule has 0 aliphatic carbocycles. The first-order valence-corrected chi connectivity index (χ1v) is 12.7. The van der Waals surface area contributed by atoms with E-state index in [1.54, 1.807) is 53.9 Å². The van der Waals surface area contributed by atoms with E-state index in [0.717, 1.165) is 12.8 Å². The van der Waals surface area contributed by atoms with Crippen molar-refractivity contribution in [3.63, 3.8) is 0 Å². The van der Waals surface area contributed by atoms with Crippen molar-refractivity contribution >= 4 is 29.1 Å². The molecule has 2 heterocycles. The zero-order chi connectivity index (χ0) is 25.3. The molecule has 188 valence electrons. The Labute approximate surface area is 213 Å². The van der Waals surface area contributed by atoms with Crippen LogP contribution in [0.3, 0.4) is 0 Å². The maximum atomic E-state index is 13.5. The van der Waals surface area contributed by atoms with Crippen molar-refractivity contribution in [3.8, 4) is 0 Å². The molecule has 3 amide bonds. The standard InChI is InChI=1S/C27H28FN3O4S/c28-21-12-10-19(11-13-21)18-31(24(32)17-30-26(33)23-9-5-15-36-23)25(20-6-2-1-3-7-20)27(34)29-16-22-8-4-14-35-22/h1-3,5-7,9-13,15,22,25H,4,8,14,16-18H2,(H,29,34)(H,30,33). The molecule has 1 saturated heterocycles. The van der Waals surface area contributed by atoms with Gasteiger partial charge in [-0.25, -0.2) is 4.39 Å². The quantitative estimate of drug-likeness (QED) is 0.437. The summed E-state index contributed by atoms with van der Waals surface area (Å²) in [4.78, 5) is 41.4. The molecule has 0 spiro atoms. The molecule has 1 aliphatic rings. The molecule has 0 saturated carbocycles. The average Bonchev–Trinajstić information content (AvgIpc) is 3.62. The summed E-state index contributed by atoms with van der Waals surface area (Å²) in [5.74, 6) is -1.55. The van der Waals surface area contributed by atoms with Gasteiger partial charge in [0.1, 0.15) is 11.9 Å². The molecule has 2 atom stereocenters. The third-order valence-corrected chi connectivity index (χ3v) is 6.80. The molecule has 2 aromatic carbocycles. The molecule has 9 heteroatoms. The highest BCUT2D eigenvalue weighted by atomic mass is 32.1. The monoisotopic (exact) mass is 509 g/mol. The molecular weight excluding hydrogens is 481 g/mol. The van der Waals surface area contributed by atoms with Gasteiger partial charge in [0.05, 0.1) is 17.5 Å². The van der Waals surface area contributed by atoms with Gasteiger partial charge >= 0.3 is 0 Å². The summed E-state index contributed by atoms with van der Waals surface area (Å²) in [6.07, 6.45) is 1.75. The summed E-state index contributed by atoms with van der Waals surface area (Å²) >= 11 is 1.27. The molecule has 2 unspecified atom stereocenters. The number of nitrogens with zero attached hydrogens (tertiary/aromatic N) is 1. The van der Waals surface area contributed by atoms with Gasteiger partial charge in [-0.1, -0.05) is 48.5 Å². The van der Waals surface area contributed by atoms with E-state index in [0.29, 0.717) is 29.2 Å². The number of ether oxygens (including phenoxy) is 1. The number of benzene rings is 2. The number of halogens is 1. The number of amides is 3. The zero-order valence-electron chi connectivity index (χ0n) is 19.7. The minimum absolute atomic E-state index is 0.0564. The topological polar surface area (TPSA) is 87.7 Å². The number of hydrogen-bond acceptors (Lipinski definition) is 5. The fraction of sp³-hybridized carbons (Fsp3) is 0.296. The zero-order valence-corrected chi connectivity index (χ0v) is 20.5. The molecule has 3 aromatic rings. The van der Waals surface area contributed by atoms with Crippen LogP contribution in [-0.4, -0.2) is 48.4 Å². The van der Waals surface area contributed by atoms with Crippen molar-refractivity contribution in [1.29, 1.82) is 0 Å². The maximum Gasteiger partial charge on any atom is 0.261 e. The van der Waals surface area contributed by atoms with E-state index in [-0.39, 0.29) is 31.0 Å². The molecule has 7 nitrogen and oxygen atoms in total. The Balaban J connectivity index is 1.58. The van der Waals surface area contributed by atoms with Gasteiger partial charge in [0, 0.05) is 19.7 Å². The number of carbonyl (C=O) groups excluding carboxylic acids is 3. The van der Waals surface area contributed by atoms with E-state index >= 15 is 0 Å². The van der Waals surface area contributed by atoms with Gasteiger partial charge in [-0.05, 0) is 47.5 Å². The molecule has 0 radical (unpaired) electrons. The van der Waals surface area contributed by atoms with Gasteiger partial charge in [-0.2, -0.15) is 0 Å². The summed E-state index contributed by atoms with van der Waals surface area (Å²) in [6, 6.07) is 17.2. The Bertz CT molecular complexity index is 1150. The van der Waals surface area contributed by atoms with E-state index in [2.05, 4.69) is 10.6 Å². The largest absolute Gasteiger partial charge is 0.376 e. The third kappa shape index (κ3) is 6.77. The molecule has 1 fully saturated rings. The highest BCUT2D eigenvalue weighted by Gasteiger charge is 2.32. The first-order valence-electron chi connectivity index (χ1n) is 11.8. The minimum Gasteiger partial charge on any atom is -0.376 e. The van der Waals surface area contributed by atoms with Crippen LogP contribution in [0.1, 0.15) is 39.7 Å². The minimum atomic E-state index is -0.955. The third-order valence-electron chi connectivity index (χ3n) is 5.93. The van der Waals surface area contributed by atoms with Gasteiger partial charge in [-0.3, -0.25) is 14.4 Å². The maximum absolute atomic E-state index is 13.5. The van der Waals surface area contributed by atoms with Gasteiger partial charge in [0.25, 0.3) is 5.91 Å². The average molecular weight is 510 g/mol. The Hall–Kier alpha value is -3.56. The second-order valence-corrected chi connectivity index (χ2v) is 9.45. The first kappa shape index (κ1) is 25.5. The number of hydrogen-bond donors (Lipinski definition) is 2. The molecule has 2 N–H and O–H groups in total. The van der Waals surface area contributed by atoms with Crippen LogP contribution in [0.4, 0.5) is 4.39 Å². The van der Waals surface area contributed by atoms with Crippen LogP contribution in [0.2, 0.25) is 0 Å². The summed E-state index contributed by atoms with van der Waals surface area (Å²) in [5, 5.41) is 7.37. The lowest BCUT2D eigenvalue weighted by Crippen LogP contribution is -2.47. The van der Waals surface area contributed by atoms with Crippen LogP contribution in [0, 0.1) is 5.82 Å². The summed E-state index contributed by atoms with van der Waals surface area (Å²) < 4.78 is 19.2. The number of nitrogens with one attached hydrogen (secondary N) is 2. The van der Waals surface area contributed by atoms with Crippen LogP contribution in [0.15, 0.2) is 72.1 Å². The van der Waals surface area contributed by atoms with Gasteiger partial charge in [0.15, 0.2) is 0 Å². The van der Waals surface area contributed by atoms with E-state index in [4.69, 9.17) is 4.74 Å². The first-order chi connectivity index (χ1) is 17.5. The Morgan fingerprint density at radius 2 is 1.81 bits per heavy atom. The van der Waals surface area contributed by atoms with E-state index in [9.17, 15) is 18.8 Å². The van der Waals surface area contributed by atoms with Crippen LogP contribution in [0.25, 0.3) is 0 Å². The van der Waals surface area contributed by atoms with Crippen molar-refractivity contribution < 1.29 is 23.5 Å². The van der Waals surface area contributed by atoms with Crippen LogP contribution in [0.5, 0.6) is 0 Å². The van der Waals surface area contributed by atoms with Gasteiger partial charge in [-0.15, -0.1) is 11.3 Å². The second-order valence-electron chi connectivity index (χ2n) is 8.50. The molecule has 1 aromatic heterocycles. The molecular formula is C27H28FN3O4S. The van der Waals surface area contributed by atoms with Crippen molar-refractivity contribution in [2.24, 2.45) is 0 Å². The van der Waals surface area contributed by atoms with Crippen molar-refractivity contribution in [2.75, 3.05) is 19.7 Å². The lowest BCUT2D eigenvalue weighted by molar-refractivity contribution is -0.141. The molecule has 0 bridgehead atoms. The van der Waals surface area contributed by atoms with Gasteiger partial charge < -0.3 is 20.3 Å². The SMILES string of the molecule is O=C(NCC(=O)N(Cc1ccc(F)cc1)C(C(=O)NCC1CCCO1)c1ccccc1)c1cccs1. The second kappa shape index (κ2) is 12.4.